The molecule has 6 heteroatoms. The Hall–Kier alpha value is -2.99. The van der Waals surface area contributed by atoms with Crippen LogP contribution >= 0.6 is 11.3 Å². The number of thiazole rings is 1. The van der Waals surface area contributed by atoms with Crippen LogP contribution in [-0.2, 0) is 16.0 Å². The van der Waals surface area contributed by atoms with E-state index in [0.717, 1.165) is 22.2 Å². The molecule has 0 saturated heterocycles. The second-order valence-electron chi connectivity index (χ2n) is 5.61. The van der Waals surface area contributed by atoms with E-state index in [1.807, 2.05) is 12.1 Å². The van der Waals surface area contributed by atoms with Crippen LogP contribution < -0.4 is 5.32 Å². The van der Waals surface area contributed by atoms with E-state index in [9.17, 15) is 9.59 Å². The number of benzene rings is 2. The Morgan fingerprint density at radius 1 is 1.19 bits per heavy atom. The van der Waals surface area contributed by atoms with E-state index in [-0.39, 0.29) is 11.9 Å². The van der Waals surface area contributed by atoms with Crippen LogP contribution in [0.15, 0.2) is 48.5 Å². The van der Waals surface area contributed by atoms with Crippen LogP contribution in [0.2, 0.25) is 0 Å². The zero-order valence-electron chi connectivity index (χ0n) is 14.5. The molecule has 1 heterocycles. The number of rotatable bonds is 5. The van der Waals surface area contributed by atoms with Crippen LogP contribution in [0.3, 0.4) is 0 Å². The largest absolute Gasteiger partial charge is 0.465 e. The van der Waals surface area contributed by atoms with Gasteiger partial charge in [-0.25, -0.2) is 9.78 Å². The van der Waals surface area contributed by atoms with Crippen molar-refractivity contribution < 1.29 is 14.3 Å². The highest BCUT2D eigenvalue weighted by atomic mass is 32.1. The number of amides is 1. The van der Waals surface area contributed by atoms with E-state index >= 15 is 0 Å². The molecule has 0 aliphatic heterocycles. The van der Waals surface area contributed by atoms with Crippen LogP contribution in [0, 0.1) is 0 Å². The van der Waals surface area contributed by atoms with E-state index in [4.69, 9.17) is 0 Å². The van der Waals surface area contributed by atoms with Crippen LogP contribution in [0.25, 0.3) is 16.3 Å². The maximum Gasteiger partial charge on any atom is 0.337 e. The van der Waals surface area contributed by atoms with Gasteiger partial charge < -0.3 is 4.74 Å². The van der Waals surface area contributed by atoms with Crippen molar-refractivity contribution in [3.63, 3.8) is 0 Å². The summed E-state index contributed by atoms with van der Waals surface area (Å²) in [6.45, 7) is 2.10. The summed E-state index contributed by atoms with van der Waals surface area (Å²) in [6, 6.07) is 12.9. The highest BCUT2D eigenvalue weighted by molar-refractivity contribution is 7.22. The first-order chi connectivity index (χ1) is 12.6. The summed E-state index contributed by atoms with van der Waals surface area (Å²) in [6.07, 6.45) is 4.09. The zero-order chi connectivity index (χ0) is 18.5. The van der Waals surface area contributed by atoms with Crippen molar-refractivity contribution in [2.75, 3.05) is 12.4 Å². The van der Waals surface area contributed by atoms with Gasteiger partial charge in [0.2, 0.25) is 5.91 Å². The molecule has 0 atom stereocenters. The molecule has 0 aliphatic carbocycles. The minimum atomic E-state index is -0.389. The number of carbonyl (C=O) groups is 2. The molecule has 0 saturated carbocycles. The third-order valence-electron chi connectivity index (χ3n) is 3.85. The summed E-state index contributed by atoms with van der Waals surface area (Å²) < 4.78 is 5.71. The van der Waals surface area contributed by atoms with E-state index in [2.05, 4.69) is 28.0 Å². The number of carbonyl (C=O) groups excluding carboxylic acids is 2. The molecule has 0 radical (unpaired) electrons. The Labute approximate surface area is 155 Å². The van der Waals surface area contributed by atoms with Gasteiger partial charge in [-0.1, -0.05) is 36.5 Å². The van der Waals surface area contributed by atoms with Gasteiger partial charge in [-0.15, -0.1) is 0 Å². The monoisotopic (exact) mass is 366 g/mol. The van der Waals surface area contributed by atoms with Gasteiger partial charge in [0.25, 0.3) is 0 Å². The third kappa shape index (κ3) is 4.15. The molecule has 5 nitrogen and oxygen atoms in total. The van der Waals surface area contributed by atoms with Crippen molar-refractivity contribution in [2.45, 2.75) is 13.3 Å². The molecule has 3 aromatic rings. The number of hydrogen-bond donors (Lipinski definition) is 1. The summed E-state index contributed by atoms with van der Waals surface area (Å²) in [5.74, 6) is -0.642. The molecule has 1 aromatic heterocycles. The van der Waals surface area contributed by atoms with E-state index < -0.39 is 0 Å². The lowest BCUT2D eigenvalue weighted by Gasteiger charge is -1.99. The average Bonchev–Trinajstić information content (AvgIpc) is 3.07. The zero-order valence-corrected chi connectivity index (χ0v) is 15.3. The van der Waals surface area contributed by atoms with Gasteiger partial charge in [0.15, 0.2) is 5.13 Å². The quantitative estimate of drug-likeness (QED) is 0.540. The number of anilines is 1. The number of aryl methyl sites for hydroxylation is 1. The lowest BCUT2D eigenvalue weighted by molar-refractivity contribution is -0.111. The van der Waals surface area contributed by atoms with Crippen molar-refractivity contribution in [1.82, 2.24) is 4.98 Å². The van der Waals surface area contributed by atoms with Crippen molar-refractivity contribution >= 4 is 44.6 Å². The molecule has 0 bridgehead atoms. The Kier molecular flexibility index (Phi) is 5.43. The predicted molar refractivity (Wildman–Crippen MR) is 104 cm³/mol. The lowest BCUT2D eigenvalue weighted by atomic mass is 10.1. The molecule has 1 amide bonds. The number of hydrogen-bond acceptors (Lipinski definition) is 5. The molecule has 3 rings (SSSR count). The van der Waals surface area contributed by atoms with E-state index in [1.54, 1.807) is 30.3 Å². The predicted octanol–water partition coefficient (Wildman–Crippen LogP) is 4.30. The van der Waals surface area contributed by atoms with Crippen molar-refractivity contribution in [3.8, 4) is 0 Å². The SMILES string of the molecule is CCc1ccc2nc(NC(=O)/C=C/c3ccc(C(=O)OC)cc3)sc2c1. The number of nitrogens with zero attached hydrogens (tertiary/aromatic N) is 1. The highest BCUT2D eigenvalue weighted by Crippen LogP contribution is 2.27. The van der Waals surface area contributed by atoms with Gasteiger partial charge in [-0.05, 0) is 47.9 Å². The topological polar surface area (TPSA) is 68.3 Å². The number of aromatic nitrogens is 1. The molecular weight excluding hydrogens is 348 g/mol. The van der Waals surface area contributed by atoms with Crippen molar-refractivity contribution in [2.24, 2.45) is 0 Å². The Morgan fingerprint density at radius 2 is 1.96 bits per heavy atom. The molecule has 0 spiro atoms. The Bertz CT molecular complexity index is 974. The highest BCUT2D eigenvalue weighted by Gasteiger charge is 2.07. The molecule has 26 heavy (non-hydrogen) atoms. The maximum atomic E-state index is 12.1. The number of methoxy groups -OCH3 is 1. The normalized spacial score (nSPS) is 11.0. The number of nitrogens with one attached hydrogen (secondary N) is 1. The van der Waals surface area contributed by atoms with Crippen molar-refractivity contribution in [3.05, 3.63) is 65.2 Å². The van der Waals surface area contributed by atoms with Crippen LogP contribution in [0.1, 0.15) is 28.4 Å². The second kappa shape index (κ2) is 7.93. The van der Waals surface area contributed by atoms with Crippen LogP contribution in [-0.4, -0.2) is 24.0 Å². The fourth-order valence-electron chi connectivity index (χ4n) is 2.41. The average molecular weight is 366 g/mol. The minimum absolute atomic E-state index is 0.253. The van der Waals surface area contributed by atoms with Crippen LogP contribution in [0.5, 0.6) is 0 Å². The van der Waals surface area contributed by atoms with Gasteiger partial charge in [0, 0.05) is 6.08 Å². The Morgan fingerprint density at radius 3 is 2.65 bits per heavy atom. The molecule has 132 valence electrons. The molecular formula is C20H18N2O3S. The smallest absolute Gasteiger partial charge is 0.337 e. The molecule has 0 unspecified atom stereocenters. The van der Waals surface area contributed by atoms with E-state index in [0.29, 0.717) is 10.7 Å². The van der Waals surface area contributed by atoms with E-state index in [1.165, 1.54) is 30.1 Å². The fraction of sp³-hybridized carbons (Fsp3) is 0.150. The van der Waals surface area contributed by atoms with Crippen molar-refractivity contribution in [1.29, 1.82) is 0 Å². The summed E-state index contributed by atoms with van der Waals surface area (Å²) in [7, 11) is 1.34. The summed E-state index contributed by atoms with van der Waals surface area (Å²) >= 11 is 1.46. The van der Waals surface area contributed by atoms with Gasteiger partial charge in [0.05, 0.1) is 22.9 Å². The summed E-state index contributed by atoms with van der Waals surface area (Å²) in [5.41, 5.74) is 3.40. The van der Waals surface area contributed by atoms with Gasteiger partial charge >= 0.3 is 5.97 Å². The summed E-state index contributed by atoms with van der Waals surface area (Å²) in [5, 5.41) is 3.36. The lowest BCUT2D eigenvalue weighted by Crippen LogP contribution is -2.07. The maximum absolute atomic E-state index is 12.1. The second-order valence-corrected chi connectivity index (χ2v) is 6.64. The molecule has 0 fully saturated rings. The third-order valence-corrected chi connectivity index (χ3v) is 4.78. The minimum Gasteiger partial charge on any atom is -0.465 e. The number of ether oxygens (including phenoxy) is 1. The number of fused-ring (bicyclic) bond motifs is 1. The van der Waals surface area contributed by atoms with Gasteiger partial charge in [-0.3, -0.25) is 10.1 Å². The standard InChI is InChI=1S/C20H18N2O3S/c1-3-13-6-10-16-17(12-13)26-20(21-16)22-18(23)11-7-14-4-8-15(9-5-14)19(24)25-2/h4-12H,3H2,1-2H3,(H,21,22,23)/b11-7+. The van der Waals surface area contributed by atoms with Gasteiger partial charge in [0.1, 0.15) is 0 Å². The fourth-order valence-corrected chi connectivity index (χ4v) is 3.34. The molecule has 2 aromatic carbocycles. The first-order valence-corrected chi connectivity index (χ1v) is 8.97. The molecule has 0 aliphatic rings. The first kappa shape index (κ1) is 17.8. The Balaban J connectivity index is 1.66. The number of esters is 1. The first-order valence-electron chi connectivity index (χ1n) is 8.16. The summed E-state index contributed by atoms with van der Waals surface area (Å²) in [4.78, 5) is 27.9. The van der Waals surface area contributed by atoms with Crippen LogP contribution in [0.4, 0.5) is 5.13 Å². The molecule has 1 N–H and O–H groups in total. The van der Waals surface area contributed by atoms with Gasteiger partial charge in [-0.2, -0.15) is 0 Å².